The lowest BCUT2D eigenvalue weighted by atomic mass is 9.89. The second-order valence-corrected chi connectivity index (χ2v) is 8.72. The average Bonchev–Trinajstić information content (AvgIpc) is 3.65. The minimum absolute atomic E-state index is 0.251. The topological polar surface area (TPSA) is 91.6 Å². The van der Waals surface area contributed by atoms with Crippen molar-refractivity contribution in [3.8, 4) is 0 Å². The lowest BCUT2D eigenvalue weighted by Crippen LogP contribution is -2.37. The molecular formula is C25H33N5O2. The van der Waals surface area contributed by atoms with E-state index in [-0.39, 0.29) is 5.91 Å². The van der Waals surface area contributed by atoms with E-state index in [1.54, 1.807) is 6.20 Å². The van der Waals surface area contributed by atoms with Gasteiger partial charge in [0.1, 0.15) is 5.82 Å². The van der Waals surface area contributed by atoms with Gasteiger partial charge in [-0.1, -0.05) is 19.1 Å². The van der Waals surface area contributed by atoms with Gasteiger partial charge < -0.3 is 20.9 Å². The van der Waals surface area contributed by atoms with Crippen LogP contribution in [0.4, 0.5) is 17.2 Å². The van der Waals surface area contributed by atoms with E-state index < -0.39 is 5.91 Å². The summed E-state index contributed by atoms with van der Waals surface area (Å²) >= 11 is 0. The standard InChI is InChI=1S/C25H33N5O2/c1-3-24(31)29-13-11-18(12-14-29)17-5-7-19(8-6-17)28-23-15-22(21(16-27-23)25(26)32)30(4-2)20-9-10-20/h5-8,15-16,18,20H,3-4,9-14H2,1-2H3,(H2,26,32)(H,27,28). The van der Waals surface area contributed by atoms with Crippen molar-refractivity contribution in [2.24, 2.45) is 5.73 Å². The summed E-state index contributed by atoms with van der Waals surface area (Å²) in [5, 5.41) is 3.37. The number of anilines is 3. The highest BCUT2D eigenvalue weighted by Crippen LogP contribution is 2.35. The van der Waals surface area contributed by atoms with Gasteiger partial charge >= 0.3 is 0 Å². The molecule has 4 rings (SSSR count). The average molecular weight is 436 g/mol. The van der Waals surface area contributed by atoms with Crippen LogP contribution < -0.4 is 16.0 Å². The van der Waals surface area contributed by atoms with Crippen molar-refractivity contribution in [3.63, 3.8) is 0 Å². The maximum atomic E-state index is 11.9. The first-order valence-electron chi connectivity index (χ1n) is 11.7. The molecule has 0 atom stereocenters. The van der Waals surface area contributed by atoms with Crippen LogP contribution in [0.3, 0.4) is 0 Å². The number of hydrogen-bond acceptors (Lipinski definition) is 5. The van der Waals surface area contributed by atoms with Crippen molar-refractivity contribution in [1.82, 2.24) is 9.88 Å². The molecule has 7 heteroatoms. The van der Waals surface area contributed by atoms with Gasteiger partial charge in [-0.3, -0.25) is 9.59 Å². The van der Waals surface area contributed by atoms with E-state index in [1.165, 1.54) is 5.56 Å². The first-order valence-corrected chi connectivity index (χ1v) is 11.7. The van der Waals surface area contributed by atoms with Crippen molar-refractivity contribution in [2.45, 2.75) is 57.9 Å². The van der Waals surface area contributed by atoms with Crippen molar-refractivity contribution >= 4 is 29.0 Å². The van der Waals surface area contributed by atoms with Gasteiger partial charge in [-0.15, -0.1) is 0 Å². The highest BCUT2D eigenvalue weighted by molar-refractivity contribution is 5.99. The molecule has 2 fully saturated rings. The third-order valence-electron chi connectivity index (χ3n) is 6.59. The summed E-state index contributed by atoms with van der Waals surface area (Å²) in [4.78, 5) is 32.5. The Morgan fingerprint density at radius 3 is 2.38 bits per heavy atom. The maximum absolute atomic E-state index is 11.9. The van der Waals surface area contributed by atoms with Crippen LogP contribution in [0.5, 0.6) is 0 Å². The number of carbonyl (C=O) groups is 2. The van der Waals surface area contributed by atoms with Gasteiger partial charge in [0.15, 0.2) is 0 Å². The van der Waals surface area contributed by atoms with Crippen LogP contribution in [0.1, 0.15) is 67.8 Å². The fourth-order valence-electron chi connectivity index (χ4n) is 4.62. The quantitative estimate of drug-likeness (QED) is 0.653. The number of hydrogen-bond donors (Lipinski definition) is 2. The molecule has 1 aromatic heterocycles. The molecule has 0 radical (unpaired) electrons. The summed E-state index contributed by atoms with van der Waals surface area (Å²) in [7, 11) is 0. The molecule has 3 N–H and O–H groups in total. The molecule has 0 unspecified atom stereocenters. The third-order valence-corrected chi connectivity index (χ3v) is 6.59. The number of nitrogens with two attached hydrogens (primary N) is 1. The molecule has 2 amide bonds. The monoisotopic (exact) mass is 435 g/mol. The van der Waals surface area contributed by atoms with Crippen LogP contribution in [0.15, 0.2) is 36.5 Å². The Labute approximate surface area is 190 Å². The van der Waals surface area contributed by atoms with Gasteiger partial charge in [0.2, 0.25) is 5.91 Å². The van der Waals surface area contributed by atoms with Gasteiger partial charge in [-0.25, -0.2) is 4.98 Å². The van der Waals surface area contributed by atoms with Gasteiger partial charge in [0.25, 0.3) is 5.91 Å². The number of aromatic nitrogens is 1. The highest BCUT2D eigenvalue weighted by Gasteiger charge is 2.30. The number of benzene rings is 1. The molecule has 0 bridgehead atoms. The van der Waals surface area contributed by atoms with Gasteiger partial charge in [0.05, 0.1) is 11.3 Å². The van der Waals surface area contributed by atoms with Crippen molar-refractivity contribution in [3.05, 3.63) is 47.7 Å². The molecule has 2 aromatic rings. The van der Waals surface area contributed by atoms with Gasteiger partial charge in [-0.2, -0.15) is 0 Å². The summed E-state index contributed by atoms with van der Waals surface area (Å²) in [5.74, 6) is 0.985. The second kappa shape index (κ2) is 9.59. The molecule has 2 heterocycles. The van der Waals surface area contributed by atoms with Crippen LogP contribution in [0.25, 0.3) is 0 Å². The van der Waals surface area contributed by atoms with Crippen molar-refractivity contribution < 1.29 is 9.59 Å². The molecule has 0 spiro atoms. The first-order chi connectivity index (χ1) is 15.5. The summed E-state index contributed by atoms with van der Waals surface area (Å²) in [6.45, 7) is 6.52. The molecule has 170 valence electrons. The molecule has 32 heavy (non-hydrogen) atoms. The Morgan fingerprint density at radius 2 is 1.81 bits per heavy atom. The fourth-order valence-corrected chi connectivity index (χ4v) is 4.62. The van der Waals surface area contributed by atoms with Crippen LogP contribution in [-0.4, -0.2) is 47.4 Å². The van der Waals surface area contributed by atoms with E-state index in [1.807, 2.05) is 17.9 Å². The molecule has 1 aliphatic carbocycles. The van der Waals surface area contributed by atoms with Crippen LogP contribution >= 0.6 is 0 Å². The van der Waals surface area contributed by atoms with E-state index in [0.717, 1.165) is 56.7 Å². The number of rotatable bonds is 8. The highest BCUT2D eigenvalue weighted by atomic mass is 16.2. The largest absolute Gasteiger partial charge is 0.368 e. The molecule has 2 aliphatic rings. The lowest BCUT2D eigenvalue weighted by molar-refractivity contribution is -0.131. The number of primary amides is 1. The number of carbonyl (C=O) groups excluding carboxylic acids is 2. The van der Waals surface area contributed by atoms with E-state index in [9.17, 15) is 9.59 Å². The summed E-state index contributed by atoms with van der Waals surface area (Å²) in [6, 6.07) is 10.9. The van der Waals surface area contributed by atoms with E-state index in [4.69, 9.17) is 5.73 Å². The predicted molar refractivity (Wildman–Crippen MR) is 127 cm³/mol. The van der Waals surface area contributed by atoms with Gasteiger partial charge in [-0.05, 0) is 56.2 Å². The Bertz CT molecular complexity index is 963. The molecule has 1 saturated carbocycles. The van der Waals surface area contributed by atoms with Crippen LogP contribution in [0, 0.1) is 0 Å². The molecule has 1 aliphatic heterocycles. The second-order valence-electron chi connectivity index (χ2n) is 8.72. The summed E-state index contributed by atoms with van der Waals surface area (Å²) in [6.07, 6.45) is 6.45. The molecule has 1 aromatic carbocycles. The zero-order valence-corrected chi connectivity index (χ0v) is 19.0. The smallest absolute Gasteiger partial charge is 0.252 e. The minimum Gasteiger partial charge on any atom is -0.368 e. The van der Waals surface area contributed by atoms with Crippen LogP contribution in [0.2, 0.25) is 0 Å². The number of pyridine rings is 1. The number of piperidine rings is 1. The summed E-state index contributed by atoms with van der Waals surface area (Å²) in [5.41, 5.74) is 9.18. The zero-order valence-electron chi connectivity index (χ0n) is 19.0. The van der Waals surface area contributed by atoms with E-state index >= 15 is 0 Å². The molecule has 7 nitrogen and oxygen atoms in total. The number of likely N-dealkylation sites (tertiary alicyclic amines) is 1. The Balaban J connectivity index is 1.44. The SMILES string of the molecule is CCC(=O)N1CCC(c2ccc(Nc3cc(N(CC)C4CC4)c(C(N)=O)cn3)cc2)CC1. The maximum Gasteiger partial charge on any atom is 0.252 e. The zero-order chi connectivity index (χ0) is 22.7. The number of nitrogens with one attached hydrogen (secondary N) is 1. The predicted octanol–water partition coefficient (Wildman–Crippen LogP) is 4.03. The Morgan fingerprint density at radius 1 is 1.12 bits per heavy atom. The Kier molecular flexibility index (Phi) is 6.63. The number of amides is 2. The molecule has 1 saturated heterocycles. The van der Waals surface area contributed by atoms with Gasteiger partial charge in [0, 0.05) is 50.0 Å². The normalized spacial score (nSPS) is 16.6. The number of nitrogens with zero attached hydrogens (tertiary/aromatic N) is 3. The van der Waals surface area contributed by atoms with Crippen molar-refractivity contribution in [2.75, 3.05) is 29.9 Å². The molecular weight excluding hydrogens is 402 g/mol. The van der Waals surface area contributed by atoms with E-state index in [2.05, 4.69) is 46.4 Å². The van der Waals surface area contributed by atoms with Crippen LogP contribution in [-0.2, 0) is 4.79 Å². The summed E-state index contributed by atoms with van der Waals surface area (Å²) < 4.78 is 0. The Hall–Kier alpha value is -3.09. The lowest BCUT2D eigenvalue weighted by Gasteiger charge is -2.32. The fraction of sp³-hybridized carbons (Fsp3) is 0.480. The minimum atomic E-state index is -0.450. The first kappa shape index (κ1) is 22.1. The van der Waals surface area contributed by atoms with E-state index in [0.29, 0.717) is 29.8 Å². The van der Waals surface area contributed by atoms with Crippen molar-refractivity contribution in [1.29, 1.82) is 0 Å². The third kappa shape index (κ3) is 4.87.